The Bertz CT molecular complexity index is 945. The average molecular weight is 387 g/mol. The minimum absolute atomic E-state index is 0.203. The second-order valence-corrected chi connectivity index (χ2v) is 7.11. The van der Waals surface area contributed by atoms with E-state index in [9.17, 15) is 8.78 Å². The first-order valence-electron chi connectivity index (χ1n) is 8.65. The fraction of sp³-hybridized carbons (Fsp3) is 0.333. The summed E-state index contributed by atoms with van der Waals surface area (Å²) >= 11 is 0. The van der Waals surface area contributed by atoms with E-state index < -0.39 is 11.6 Å². The molecule has 148 valence electrons. The highest BCUT2D eigenvalue weighted by Gasteiger charge is 2.14. The van der Waals surface area contributed by atoms with Gasteiger partial charge in [-0.3, -0.25) is 0 Å². The fourth-order valence-corrected chi connectivity index (χ4v) is 2.13. The summed E-state index contributed by atoms with van der Waals surface area (Å²) in [5.41, 5.74) is 0.975. The molecule has 0 spiro atoms. The van der Waals surface area contributed by atoms with Gasteiger partial charge in [-0.05, 0) is 39.8 Å². The molecule has 0 N–H and O–H groups in total. The summed E-state index contributed by atoms with van der Waals surface area (Å²) in [7, 11) is 1.69. The van der Waals surface area contributed by atoms with Gasteiger partial charge >= 0.3 is 0 Å². The summed E-state index contributed by atoms with van der Waals surface area (Å²) < 4.78 is 34.2. The van der Waals surface area contributed by atoms with E-state index >= 15 is 0 Å². The van der Waals surface area contributed by atoms with Crippen molar-refractivity contribution < 1.29 is 18.4 Å². The molecule has 5 nitrogen and oxygen atoms in total. The normalized spacial score (nSPS) is 12.0. The number of benzene rings is 1. The fourth-order valence-electron chi connectivity index (χ4n) is 2.13. The van der Waals surface area contributed by atoms with Gasteiger partial charge in [-0.2, -0.15) is 5.10 Å². The van der Waals surface area contributed by atoms with Crippen LogP contribution < -0.4 is 4.74 Å². The molecule has 0 saturated carbocycles. The third kappa shape index (κ3) is 6.54. The Hall–Kier alpha value is -3.14. The first-order chi connectivity index (χ1) is 13.2. The smallest absolute Gasteiger partial charge is 0.226 e. The van der Waals surface area contributed by atoms with Crippen molar-refractivity contribution in [3.8, 4) is 23.5 Å². The Morgan fingerprint density at radius 1 is 1.36 bits per heavy atom. The van der Waals surface area contributed by atoms with E-state index in [1.807, 2.05) is 20.8 Å². The van der Waals surface area contributed by atoms with Crippen molar-refractivity contribution in [1.82, 2.24) is 9.78 Å². The van der Waals surface area contributed by atoms with Crippen LogP contribution in [0.25, 0.3) is 0 Å². The predicted molar refractivity (Wildman–Crippen MR) is 104 cm³/mol. The Kier molecular flexibility index (Phi) is 6.94. The maximum Gasteiger partial charge on any atom is 0.226 e. The number of hydrogen-bond donors (Lipinski definition) is 0. The third-order valence-electron chi connectivity index (χ3n) is 3.36. The molecule has 1 aromatic carbocycles. The van der Waals surface area contributed by atoms with Crippen LogP contribution in [0.1, 0.15) is 32.0 Å². The third-order valence-corrected chi connectivity index (χ3v) is 3.36. The van der Waals surface area contributed by atoms with Crippen molar-refractivity contribution >= 4 is 6.21 Å². The quantitative estimate of drug-likeness (QED) is 0.402. The standard InChI is InChI=1S/C21H23F2N3O2/c1-15-19(13-24-27-14-17(23)9-7-11-21(2,3)4)20(26(5)25-15)28-18-10-6-8-16(22)12-18/h6,8-10,12-13H,14H2,1-5H3. The van der Waals surface area contributed by atoms with Gasteiger partial charge in [0.1, 0.15) is 17.4 Å². The van der Waals surface area contributed by atoms with Gasteiger partial charge in [0.15, 0.2) is 6.61 Å². The van der Waals surface area contributed by atoms with Gasteiger partial charge in [0.25, 0.3) is 0 Å². The molecule has 0 bridgehead atoms. The molecule has 2 rings (SSSR count). The van der Waals surface area contributed by atoms with E-state index in [1.54, 1.807) is 26.1 Å². The van der Waals surface area contributed by atoms with Crippen molar-refractivity contribution in [3.05, 3.63) is 53.2 Å². The lowest BCUT2D eigenvalue weighted by molar-refractivity contribution is 0.154. The van der Waals surface area contributed by atoms with Crippen LogP contribution in [-0.4, -0.2) is 22.6 Å². The van der Waals surface area contributed by atoms with Gasteiger partial charge in [0, 0.05) is 24.6 Å². The lowest BCUT2D eigenvalue weighted by atomic mass is 9.98. The molecule has 0 unspecified atom stereocenters. The number of aryl methyl sites for hydroxylation is 2. The molecule has 0 amide bonds. The maximum atomic E-state index is 13.7. The van der Waals surface area contributed by atoms with E-state index in [4.69, 9.17) is 9.57 Å². The predicted octanol–water partition coefficient (Wildman–Crippen LogP) is 4.91. The summed E-state index contributed by atoms with van der Waals surface area (Å²) in [4.78, 5) is 4.98. The Balaban J connectivity index is 2.05. The van der Waals surface area contributed by atoms with Crippen LogP contribution in [0.2, 0.25) is 0 Å². The Labute approximate surface area is 163 Å². The molecule has 1 heterocycles. The van der Waals surface area contributed by atoms with Gasteiger partial charge in [0.05, 0.1) is 17.5 Å². The van der Waals surface area contributed by atoms with E-state index in [1.165, 1.54) is 23.0 Å². The van der Waals surface area contributed by atoms with Gasteiger partial charge in [-0.25, -0.2) is 13.5 Å². The first kappa shape index (κ1) is 21.2. The number of allylic oxidation sites excluding steroid dienone is 1. The molecule has 7 heteroatoms. The number of ether oxygens (including phenoxy) is 1. The Morgan fingerprint density at radius 3 is 2.79 bits per heavy atom. The van der Waals surface area contributed by atoms with Crippen LogP contribution in [-0.2, 0) is 11.9 Å². The molecular weight excluding hydrogens is 364 g/mol. The van der Waals surface area contributed by atoms with Crippen LogP contribution in [0.4, 0.5) is 8.78 Å². The lowest BCUT2D eigenvalue weighted by Gasteiger charge is -2.07. The highest BCUT2D eigenvalue weighted by Crippen LogP contribution is 2.26. The molecule has 28 heavy (non-hydrogen) atoms. The van der Waals surface area contributed by atoms with E-state index in [0.717, 1.165) is 6.08 Å². The minimum atomic E-state index is -0.534. The summed E-state index contributed by atoms with van der Waals surface area (Å²) in [5.74, 6) is 5.30. The number of hydrogen-bond acceptors (Lipinski definition) is 4. The van der Waals surface area contributed by atoms with Crippen molar-refractivity contribution in [2.75, 3.05) is 6.61 Å². The highest BCUT2D eigenvalue weighted by atomic mass is 19.1. The number of nitrogens with zero attached hydrogens (tertiary/aromatic N) is 3. The molecular formula is C21H23F2N3O2. The zero-order valence-corrected chi connectivity index (χ0v) is 16.6. The zero-order chi connectivity index (χ0) is 20.7. The molecule has 1 aromatic heterocycles. The molecule has 2 aromatic rings. The van der Waals surface area contributed by atoms with Crippen LogP contribution in [0.5, 0.6) is 11.6 Å². The molecule has 0 aliphatic rings. The topological polar surface area (TPSA) is 48.6 Å². The van der Waals surface area contributed by atoms with Gasteiger partial charge in [-0.15, -0.1) is 0 Å². The van der Waals surface area contributed by atoms with Crippen molar-refractivity contribution in [3.63, 3.8) is 0 Å². The SMILES string of the molecule is Cc1nn(C)c(Oc2cccc(F)c2)c1C=NOCC(F)=CC#CC(C)(C)C. The molecule has 0 fully saturated rings. The van der Waals surface area contributed by atoms with Crippen LogP contribution >= 0.6 is 0 Å². The summed E-state index contributed by atoms with van der Waals surface area (Å²) in [6, 6.07) is 5.76. The van der Waals surface area contributed by atoms with Crippen LogP contribution in [0.15, 0.2) is 41.3 Å². The highest BCUT2D eigenvalue weighted by molar-refractivity contribution is 5.84. The second kappa shape index (κ2) is 9.18. The van der Waals surface area contributed by atoms with E-state index in [2.05, 4.69) is 22.1 Å². The monoisotopic (exact) mass is 387 g/mol. The number of rotatable bonds is 6. The molecule has 0 radical (unpaired) electrons. The molecule has 0 saturated heterocycles. The molecule has 0 atom stereocenters. The van der Waals surface area contributed by atoms with Crippen molar-refractivity contribution in [2.24, 2.45) is 17.6 Å². The minimum Gasteiger partial charge on any atom is -0.438 e. The summed E-state index contributed by atoms with van der Waals surface area (Å²) in [6.45, 7) is 7.24. The van der Waals surface area contributed by atoms with Gasteiger partial charge < -0.3 is 9.57 Å². The number of oxime groups is 1. The van der Waals surface area contributed by atoms with Gasteiger partial charge in [0.2, 0.25) is 5.88 Å². The second-order valence-electron chi connectivity index (χ2n) is 7.11. The van der Waals surface area contributed by atoms with Gasteiger partial charge in [-0.1, -0.05) is 23.1 Å². The van der Waals surface area contributed by atoms with Crippen LogP contribution in [0, 0.1) is 30.0 Å². The lowest BCUT2D eigenvalue weighted by Crippen LogP contribution is -1.99. The average Bonchev–Trinajstić information content (AvgIpc) is 2.84. The van der Waals surface area contributed by atoms with Crippen molar-refractivity contribution in [1.29, 1.82) is 0 Å². The summed E-state index contributed by atoms with van der Waals surface area (Å²) in [5, 5.41) is 8.03. The zero-order valence-electron chi connectivity index (χ0n) is 16.6. The Morgan fingerprint density at radius 2 is 2.11 bits per heavy atom. The van der Waals surface area contributed by atoms with E-state index in [-0.39, 0.29) is 12.0 Å². The van der Waals surface area contributed by atoms with E-state index in [0.29, 0.717) is 22.9 Å². The summed E-state index contributed by atoms with van der Waals surface area (Å²) in [6.07, 6.45) is 2.54. The largest absolute Gasteiger partial charge is 0.438 e. The number of halogens is 2. The first-order valence-corrected chi connectivity index (χ1v) is 8.65. The molecule has 0 aliphatic heterocycles. The number of aromatic nitrogens is 2. The maximum absolute atomic E-state index is 13.7. The van der Waals surface area contributed by atoms with Crippen LogP contribution in [0.3, 0.4) is 0 Å². The molecule has 0 aliphatic carbocycles. The van der Waals surface area contributed by atoms with Crippen molar-refractivity contribution in [2.45, 2.75) is 27.7 Å².